The maximum Gasteiger partial charge on any atom is 0.258 e. The molecular weight excluding hydrogens is 188 g/mol. The Morgan fingerprint density at radius 3 is 2.14 bits per heavy atom. The van der Waals surface area contributed by atoms with Crippen molar-refractivity contribution in [1.82, 2.24) is 5.32 Å². The summed E-state index contributed by atoms with van der Waals surface area (Å²) in [6.45, 7) is 5.16. The van der Waals surface area contributed by atoms with Gasteiger partial charge in [0.1, 0.15) is 0 Å². The van der Waals surface area contributed by atoms with E-state index in [1.165, 1.54) is 0 Å². The fourth-order valence-corrected chi connectivity index (χ4v) is 1.21. The maximum absolute atomic E-state index is 12.5. The van der Waals surface area contributed by atoms with Crippen molar-refractivity contribution in [2.75, 3.05) is 0 Å². The van der Waals surface area contributed by atoms with Crippen molar-refractivity contribution in [3.63, 3.8) is 0 Å². The van der Waals surface area contributed by atoms with Crippen molar-refractivity contribution in [3.8, 4) is 0 Å². The van der Waals surface area contributed by atoms with Crippen LogP contribution < -0.4 is 5.32 Å². The molecule has 0 bridgehead atoms. The molecular formula is C10H17F2NO. The fraction of sp³-hybridized carbons (Fsp3) is 0.900. The van der Waals surface area contributed by atoms with Crippen LogP contribution in [0.2, 0.25) is 0 Å². The van der Waals surface area contributed by atoms with E-state index in [2.05, 4.69) is 5.32 Å². The van der Waals surface area contributed by atoms with Crippen molar-refractivity contribution in [2.45, 2.75) is 46.1 Å². The molecule has 0 radical (unpaired) electrons. The van der Waals surface area contributed by atoms with Gasteiger partial charge in [0.25, 0.3) is 6.43 Å². The Kier molecular flexibility index (Phi) is 3.12. The summed E-state index contributed by atoms with van der Waals surface area (Å²) in [5, 5.41) is 2.43. The fourth-order valence-electron chi connectivity index (χ4n) is 1.21. The van der Waals surface area contributed by atoms with Crippen LogP contribution in [0.1, 0.15) is 33.6 Å². The Labute approximate surface area is 83.1 Å². The summed E-state index contributed by atoms with van der Waals surface area (Å²) in [4.78, 5) is 11.5. The van der Waals surface area contributed by atoms with E-state index < -0.39 is 17.9 Å². The van der Waals surface area contributed by atoms with Gasteiger partial charge in [-0.05, 0) is 18.8 Å². The first kappa shape index (κ1) is 11.4. The molecule has 1 aliphatic carbocycles. The molecule has 1 fully saturated rings. The van der Waals surface area contributed by atoms with E-state index in [-0.39, 0.29) is 11.8 Å². The molecule has 0 spiro atoms. The summed E-state index contributed by atoms with van der Waals surface area (Å²) < 4.78 is 25.0. The molecule has 1 aliphatic rings. The van der Waals surface area contributed by atoms with Gasteiger partial charge in [-0.3, -0.25) is 4.79 Å². The molecule has 1 atom stereocenters. The molecule has 82 valence electrons. The number of nitrogens with one attached hydrogen (secondary N) is 1. The van der Waals surface area contributed by atoms with Gasteiger partial charge in [0.05, 0.1) is 6.04 Å². The molecule has 2 nitrogen and oxygen atoms in total. The highest BCUT2D eigenvalue weighted by Crippen LogP contribution is 2.35. The summed E-state index contributed by atoms with van der Waals surface area (Å²) in [5.41, 5.74) is -0.595. The minimum absolute atomic E-state index is 0.0127. The van der Waals surface area contributed by atoms with Crippen LogP contribution in [0.5, 0.6) is 0 Å². The van der Waals surface area contributed by atoms with Gasteiger partial charge < -0.3 is 5.32 Å². The first-order valence-electron chi connectivity index (χ1n) is 4.91. The van der Waals surface area contributed by atoms with Crippen LogP contribution in [0.3, 0.4) is 0 Å². The van der Waals surface area contributed by atoms with Crippen LogP contribution in [-0.4, -0.2) is 18.4 Å². The zero-order valence-corrected chi connectivity index (χ0v) is 8.81. The lowest BCUT2D eigenvalue weighted by Gasteiger charge is -2.23. The maximum atomic E-state index is 12.5. The van der Waals surface area contributed by atoms with Crippen molar-refractivity contribution < 1.29 is 13.6 Å². The molecule has 1 unspecified atom stereocenters. The summed E-state index contributed by atoms with van der Waals surface area (Å²) >= 11 is 0. The van der Waals surface area contributed by atoms with Crippen LogP contribution in [0.25, 0.3) is 0 Å². The van der Waals surface area contributed by atoms with Gasteiger partial charge in [0, 0.05) is 5.41 Å². The van der Waals surface area contributed by atoms with Gasteiger partial charge in [0.2, 0.25) is 5.91 Å². The Morgan fingerprint density at radius 2 is 1.86 bits per heavy atom. The lowest BCUT2D eigenvalue weighted by molar-refractivity contribution is -0.130. The molecule has 0 aromatic carbocycles. The topological polar surface area (TPSA) is 29.1 Å². The Bertz CT molecular complexity index is 217. The number of alkyl halides is 2. The van der Waals surface area contributed by atoms with Crippen LogP contribution in [-0.2, 0) is 4.79 Å². The molecule has 0 aromatic heterocycles. The van der Waals surface area contributed by atoms with E-state index in [1.807, 2.05) is 0 Å². The van der Waals surface area contributed by atoms with Crippen LogP contribution >= 0.6 is 0 Å². The molecule has 1 rings (SSSR count). The van der Waals surface area contributed by atoms with E-state index in [4.69, 9.17) is 0 Å². The summed E-state index contributed by atoms with van der Waals surface area (Å²) in [5.74, 6) is -0.309. The predicted molar refractivity (Wildman–Crippen MR) is 50.1 cm³/mol. The van der Waals surface area contributed by atoms with Crippen molar-refractivity contribution in [2.24, 2.45) is 11.3 Å². The van der Waals surface area contributed by atoms with Gasteiger partial charge in [-0.2, -0.15) is 0 Å². The zero-order valence-electron chi connectivity index (χ0n) is 8.81. The van der Waals surface area contributed by atoms with Crippen molar-refractivity contribution >= 4 is 5.91 Å². The number of carbonyl (C=O) groups excluding carboxylic acids is 1. The lowest BCUT2D eigenvalue weighted by Crippen LogP contribution is -2.46. The predicted octanol–water partition coefficient (Wildman–Crippen LogP) is 2.19. The Balaban J connectivity index is 2.51. The van der Waals surface area contributed by atoms with Crippen LogP contribution in [0.4, 0.5) is 8.78 Å². The molecule has 0 saturated heterocycles. The third-order valence-electron chi connectivity index (χ3n) is 2.38. The quantitative estimate of drug-likeness (QED) is 0.751. The Morgan fingerprint density at radius 1 is 1.36 bits per heavy atom. The Hall–Kier alpha value is -0.670. The van der Waals surface area contributed by atoms with Crippen LogP contribution in [0, 0.1) is 11.3 Å². The summed E-state index contributed by atoms with van der Waals surface area (Å²) in [6.07, 6.45) is -0.840. The molecule has 0 aliphatic heterocycles. The molecule has 1 N–H and O–H groups in total. The summed E-state index contributed by atoms with van der Waals surface area (Å²) in [6, 6.07) is -0.943. The van der Waals surface area contributed by atoms with Gasteiger partial charge >= 0.3 is 0 Å². The monoisotopic (exact) mass is 205 g/mol. The first-order chi connectivity index (χ1) is 6.32. The molecule has 0 aromatic rings. The zero-order chi connectivity index (χ0) is 10.9. The van der Waals surface area contributed by atoms with E-state index in [0.717, 1.165) is 12.8 Å². The van der Waals surface area contributed by atoms with Gasteiger partial charge in [-0.15, -0.1) is 0 Å². The number of halogens is 2. The minimum Gasteiger partial charge on any atom is -0.347 e. The molecule has 4 heteroatoms. The van der Waals surface area contributed by atoms with E-state index in [1.54, 1.807) is 20.8 Å². The van der Waals surface area contributed by atoms with Crippen molar-refractivity contribution in [3.05, 3.63) is 0 Å². The van der Waals surface area contributed by atoms with Gasteiger partial charge in [0.15, 0.2) is 0 Å². The smallest absolute Gasteiger partial charge is 0.258 e. The largest absolute Gasteiger partial charge is 0.347 e. The summed E-state index contributed by atoms with van der Waals surface area (Å²) in [7, 11) is 0. The third kappa shape index (κ3) is 2.93. The van der Waals surface area contributed by atoms with Crippen LogP contribution in [0.15, 0.2) is 0 Å². The first-order valence-corrected chi connectivity index (χ1v) is 4.91. The van der Waals surface area contributed by atoms with Crippen molar-refractivity contribution in [1.29, 1.82) is 0 Å². The highest BCUT2D eigenvalue weighted by Gasteiger charge is 2.39. The second kappa shape index (κ2) is 3.83. The lowest BCUT2D eigenvalue weighted by atomic mass is 9.95. The average Bonchev–Trinajstić information content (AvgIpc) is 2.79. The second-order valence-electron chi connectivity index (χ2n) is 4.92. The number of carbonyl (C=O) groups is 1. The molecule has 14 heavy (non-hydrogen) atoms. The van der Waals surface area contributed by atoms with E-state index in [9.17, 15) is 13.6 Å². The number of rotatable bonds is 3. The normalized spacial score (nSPS) is 19.6. The standard InChI is InChI=1S/C10H17F2NO/c1-10(2,3)9(14)13-7(8(11)12)6-4-5-6/h6-8H,4-5H2,1-3H3,(H,13,14). The molecule has 0 heterocycles. The average molecular weight is 205 g/mol. The number of amides is 1. The molecule has 1 amide bonds. The number of hydrogen-bond donors (Lipinski definition) is 1. The van der Waals surface area contributed by atoms with E-state index in [0.29, 0.717) is 0 Å². The SMILES string of the molecule is CC(C)(C)C(=O)NC(C(F)F)C1CC1. The van der Waals surface area contributed by atoms with Gasteiger partial charge in [-0.1, -0.05) is 20.8 Å². The highest BCUT2D eigenvalue weighted by atomic mass is 19.3. The van der Waals surface area contributed by atoms with Gasteiger partial charge in [-0.25, -0.2) is 8.78 Å². The highest BCUT2D eigenvalue weighted by molar-refractivity contribution is 5.81. The number of hydrogen-bond acceptors (Lipinski definition) is 1. The third-order valence-corrected chi connectivity index (χ3v) is 2.38. The molecule has 1 saturated carbocycles. The minimum atomic E-state index is -2.45. The van der Waals surface area contributed by atoms with E-state index >= 15 is 0 Å². The second-order valence-corrected chi connectivity index (χ2v) is 4.92.